The van der Waals surface area contributed by atoms with Crippen LogP contribution < -0.4 is 9.47 Å². The molecule has 0 aromatic heterocycles. The molecule has 0 aliphatic rings. The van der Waals surface area contributed by atoms with E-state index in [9.17, 15) is 9.59 Å². The molecular weight excluding hydrogens is 472 g/mol. The highest BCUT2D eigenvalue weighted by molar-refractivity contribution is 6.00. The molecule has 5 aromatic carbocycles. The van der Waals surface area contributed by atoms with Crippen molar-refractivity contribution in [1.82, 2.24) is 0 Å². The van der Waals surface area contributed by atoms with E-state index < -0.39 is 12.2 Å². The molecule has 4 nitrogen and oxygen atoms in total. The minimum Gasteiger partial charge on any atom is -0.478 e. The number of rotatable bonds is 10. The molecule has 0 radical (unpaired) electrons. The average molecular weight is 499 g/mol. The van der Waals surface area contributed by atoms with Gasteiger partial charge in [0.15, 0.2) is 12.2 Å². The van der Waals surface area contributed by atoms with Gasteiger partial charge < -0.3 is 9.47 Å². The van der Waals surface area contributed by atoms with Crippen molar-refractivity contribution in [1.29, 1.82) is 0 Å². The van der Waals surface area contributed by atoms with Gasteiger partial charge in [0.25, 0.3) is 0 Å². The van der Waals surface area contributed by atoms with Gasteiger partial charge in [-0.05, 0) is 24.3 Å². The molecule has 5 rings (SSSR count). The highest BCUT2D eigenvalue weighted by Gasteiger charge is 2.25. The van der Waals surface area contributed by atoms with Crippen LogP contribution in [0.2, 0.25) is 0 Å². The van der Waals surface area contributed by atoms with Crippen molar-refractivity contribution in [2.24, 2.45) is 0 Å². The monoisotopic (exact) mass is 498 g/mol. The number of carbonyl (C=O) groups is 2. The Labute approximate surface area is 222 Å². The molecule has 0 amide bonds. The summed E-state index contributed by atoms with van der Waals surface area (Å²) in [7, 11) is 0. The van der Waals surface area contributed by atoms with E-state index in [4.69, 9.17) is 9.47 Å². The SMILES string of the molecule is O=C(c1ccccc1)C(Oc1ccc(OC(C(=O)c2ccccc2)c2ccccc2)cc1)c1ccccc1. The van der Waals surface area contributed by atoms with Crippen LogP contribution in [0.25, 0.3) is 0 Å². The van der Waals surface area contributed by atoms with Crippen LogP contribution in [0.5, 0.6) is 11.5 Å². The Bertz CT molecular complexity index is 1350. The normalized spacial score (nSPS) is 12.2. The van der Waals surface area contributed by atoms with E-state index in [1.165, 1.54) is 0 Å². The van der Waals surface area contributed by atoms with Gasteiger partial charge in [-0.1, -0.05) is 121 Å². The summed E-state index contributed by atoms with van der Waals surface area (Å²) >= 11 is 0. The zero-order valence-corrected chi connectivity index (χ0v) is 20.6. The first-order valence-corrected chi connectivity index (χ1v) is 12.4. The fourth-order valence-corrected chi connectivity index (χ4v) is 4.18. The van der Waals surface area contributed by atoms with Crippen LogP contribution in [0.15, 0.2) is 146 Å². The molecular formula is C34H26O4. The van der Waals surface area contributed by atoms with E-state index in [-0.39, 0.29) is 11.6 Å². The molecule has 0 fully saturated rings. The van der Waals surface area contributed by atoms with Crippen LogP contribution >= 0.6 is 0 Å². The summed E-state index contributed by atoms with van der Waals surface area (Å²) in [6.07, 6.45) is -1.61. The molecule has 186 valence electrons. The lowest BCUT2D eigenvalue weighted by atomic mass is 9.99. The fourth-order valence-electron chi connectivity index (χ4n) is 4.18. The summed E-state index contributed by atoms with van der Waals surface area (Å²) in [6.45, 7) is 0. The maximum Gasteiger partial charge on any atom is 0.207 e. The van der Waals surface area contributed by atoms with Crippen LogP contribution in [0.4, 0.5) is 0 Å². The molecule has 0 N–H and O–H groups in total. The predicted molar refractivity (Wildman–Crippen MR) is 148 cm³/mol. The number of hydrogen-bond acceptors (Lipinski definition) is 4. The number of ketones is 2. The van der Waals surface area contributed by atoms with E-state index in [0.29, 0.717) is 22.6 Å². The molecule has 0 heterocycles. The Morgan fingerprint density at radius 3 is 1.00 bits per heavy atom. The number of benzene rings is 5. The van der Waals surface area contributed by atoms with Crippen LogP contribution in [-0.4, -0.2) is 11.6 Å². The largest absolute Gasteiger partial charge is 0.478 e. The summed E-state index contributed by atoms with van der Waals surface area (Å²) in [4.78, 5) is 26.7. The third kappa shape index (κ3) is 5.88. The standard InChI is InChI=1S/C34H26O4/c35-31(25-13-5-1-6-14-25)33(27-17-9-3-10-18-27)37-29-21-23-30(24-22-29)38-34(28-19-11-4-12-20-28)32(36)26-15-7-2-8-16-26/h1-24,33-34H. The van der Waals surface area contributed by atoms with Gasteiger partial charge >= 0.3 is 0 Å². The van der Waals surface area contributed by atoms with Crippen molar-refractivity contribution >= 4 is 11.6 Å². The van der Waals surface area contributed by atoms with Gasteiger partial charge in [0.2, 0.25) is 11.6 Å². The van der Waals surface area contributed by atoms with E-state index in [0.717, 1.165) is 11.1 Å². The molecule has 0 aliphatic carbocycles. The lowest BCUT2D eigenvalue weighted by molar-refractivity contribution is 0.0781. The molecule has 5 aromatic rings. The van der Waals surface area contributed by atoms with Gasteiger partial charge in [-0.25, -0.2) is 0 Å². The molecule has 0 spiro atoms. The fraction of sp³-hybridized carbons (Fsp3) is 0.0588. The topological polar surface area (TPSA) is 52.6 Å². The first-order chi connectivity index (χ1) is 18.7. The maximum absolute atomic E-state index is 13.3. The number of ether oxygens (including phenoxy) is 2. The second kappa shape index (κ2) is 11.8. The Kier molecular flexibility index (Phi) is 7.71. The maximum atomic E-state index is 13.3. The Morgan fingerprint density at radius 1 is 0.395 bits per heavy atom. The van der Waals surface area contributed by atoms with Gasteiger partial charge in [0.1, 0.15) is 11.5 Å². The molecule has 0 saturated heterocycles. The van der Waals surface area contributed by atoms with E-state index in [1.807, 2.05) is 97.1 Å². The Morgan fingerprint density at radius 2 is 0.684 bits per heavy atom. The van der Waals surface area contributed by atoms with Crippen LogP contribution in [0.3, 0.4) is 0 Å². The van der Waals surface area contributed by atoms with E-state index in [1.54, 1.807) is 48.5 Å². The Balaban J connectivity index is 1.38. The lowest BCUT2D eigenvalue weighted by Crippen LogP contribution is -2.20. The van der Waals surface area contributed by atoms with Crippen molar-refractivity contribution in [3.63, 3.8) is 0 Å². The first-order valence-electron chi connectivity index (χ1n) is 12.4. The minimum absolute atomic E-state index is 0.130. The van der Waals surface area contributed by atoms with Crippen LogP contribution in [-0.2, 0) is 0 Å². The first kappa shape index (κ1) is 24.7. The van der Waals surface area contributed by atoms with Crippen LogP contribution in [0.1, 0.15) is 44.1 Å². The number of hydrogen-bond donors (Lipinski definition) is 0. The predicted octanol–water partition coefficient (Wildman–Crippen LogP) is 7.69. The second-order valence-corrected chi connectivity index (χ2v) is 8.75. The average Bonchev–Trinajstić information content (AvgIpc) is 3.00. The molecule has 2 atom stereocenters. The van der Waals surface area contributed by atoms with Crippen LogP contribution in [0, 0.1) is 0 Å². The number of Topliss-reactive ketones (excluding diaryl/α,β-unsaturated/α-hetero) is 2. The summed E-state index contributed by atoms with van der Waals surface area (Å²) < 4.78 is 12.4. The van der Waals surface area contributed by atoms with Gasteiger partial charge in [0.05, 0.1) is 0 Å². The summed E-state index contributed by atoms with van der Waals surface area (Å²) in [5, 5.41) is 0. The summed E-state index contributed by atoms with van der Waals surface area (Å²) in [6, 6.07) is 44.1. The third-order valence-electron chi connectivity index (χ3n) is 6.13. The molecule has 4 heteroatoms. The van der Waals surface area contributed by atoms with Gasteiger partial charge in [0, 0.05) is 22.3 Å². The zero-order valence-electron chi connectivity index (χ0n) is 20.6. The lowest BCUT2D eigenvalue weighted by Gasteiger charge is -2.20. The van der Waals surface area contributed by atoms with E-state index in [2.05, 4.69) is 0 Å². The third-order valence-corrected chi connectivity index (χ3v) is 6.13. The molecule has 38 heavy (non-hydrogen) atoms. The van der Waals surface area contributed by atoms with Crippen molar-refractivity contribution in [2.45, 2.75) is 12.2 Å². The molecule has 0 saturated carbocycles. The Hall–Kier alpha value is -4.96. The van der Waals surface area contributed by atoms with Gasteiger partial charge in [-0.3, -0.25) is 9.59 Å². The number of carbonyl (C=O) groups excluding carboxylic acids is 2. The van der Waals surface area contributed by atoms with Crippen molar-refractivity contribution in [3.05, 3.63) is 168 Å². The summed E-state index contributed by atoms with van der Waals surface area (Å²) in [5.74, 6) is 0.770. The highest BCUT2D eigenvalue weighted by Crippen LogP contribution is 2.30. The van der Waals surface area contributed by atoms with Gasteiger partial charge in [-0.2, -0.15) is 0 Å². The molecule has 2 unspecified atom stereocenters. The second-order valence-electron chi connectivity index (χ2n) is 8.75. The zero-order chi connectivity index (χ0) is 26.2. The minimum atomic E-state index is -0.804. The summed E-state index contributed by atoms with van der Waals surface area (Å²) in [5.41, 5.74) is 2.68. The van der Waals surface area contributed by atoms with Crippen molar-refractivity contribution in [3.8, 4) is 11.5 Å². The van der Waals surface area contributed by atoms with E-state index >= 15 is 0 Å². The highest BCUT2D eigenvalue weighted by atomic mass is 16.5. The van der Waals surface area contributed by atoms with Crippen molar-refractivity contribution < 1.29 is 19.1 Å². The smallest absolute Gasteiger partial charge is 0.207 e. The van der Waals surface area contributed by atoms with Gasteiger partial charge in [-0.15, -0.1) is 0 Å². The molecule has 0 bridgehead atoms. The molecule has 0 aliphatic heterocycles. The van der Waals surface area contributed by atoms with Crippen molar-refractivity contribution in [2.75, 3.05) is 0 Å². The quantitative estimate of drug-likeness (QED) is 0.185.